The maximum absolute atomic E-state index is 10.8. The maximum atomic E-state index is 10.8. The van der Waals surface area contributed by atoms with Gasteiger partial charge < -0.3 is 20.1 Å². The molecule has 3 N–H and O–H groups in total. The average Bonchev–Trinajstić information content (AvgIpc) is 2.38. The molecule has 4 heteroatoms. The number of ether oxygens (including phenoxy) is 1. The van der Waals surface area contributed by atoms with E-state index in [-0.39, 0.29) is 0 Å². The van der Waals surface area contributed by atoms with Crippen molar-refractivity contribution in [1.29, 1.82) is 0 Å². The Morgan fingerprint density at radius 3 is 2.39 bits per heavy atom. The predicted molar refractivity (Wildman–Crippen MR) is 66.1 cm³/mol. The molecule has 0 amide bonds. The zero-order chi connectivity index (χ0) is 13.4. The van der Waals surface area contributed by atoms with Crippen molar-refractivity contribution in [3.05, 3.63) is 0 Å². The van der Waals surface area contributed by atoms with Crippen molar-refractivity contribution in [2.24, 2.45) is 5.41 Å². The van der Waals surface area contributed by atoms with Crippen LogP contribution in [0.1, 0.15) is 52.9 Å². The van der Waals surface area contributed by atoms with Crippen LogP contribution < -0.4 is 0 Å². The first-order valence-corrected chi connectivity index (χ1v) is 6.98. The van der Waals surface area contributed by atoms with Crippen molar-refractivity contribution < 1.29 is 20.1 Å². The van der Waals surface area contributed by atoms with Crippen molar-refractivity contribution in [1.82, 2.24) is 0 Å². The largest absolute Gasteiger partial charge is 0.392 e. The third-order valence-electron chi connectivity index (χ3n) is 6.13. The molecule has 3 rings (SSSR count). The van der Waals surface area contributed by atoms with Gasteiger partial charge in [0.2, 0.25) is 0 Å². The number of aliphatic hydroxyl groups excluding tert-OH is 2. The quantitative estimate of drug-likeness (QED) is 0.604. The van der Waals surface area contributed by atoms with Crippen LogP contribution in [0.5, 0.6) is 0 Å². The van der Waals surface area contributed by atoms with Crippen LogP contribution in [0.25, 0.3) is 0 Å². The van der Waals surface area contributed by atoms with E-state index < -0.39 is 34.4 Å². The number of fused-ring (bicyclic) bond motifs is 1. The molecule has 0 radical (unpaired) electrons. The molecule has 1 spiro atoms. The first kappa shape index (κ1) is 12.9. The fourth-order valence-corrected chi connectivity index (χ4v) is 4.64. The van der Waals surface area contributed by atoms with Gasteiger partial charge in [0.1, 0.15) is 17.3 Å². The van der Waals surface area contributed by atoms with Crippen LogP contribution in [-0.2, 0) is 4.74 Å². The second-order valence-electron chi connectivity index (χ2n) is 7.15. The zero-order valence-corrected chi connectivity index (χ0v) is 11.4. The van der Waals surface area contributed by atoms with Gasteiger partial charge >= 0.3 is 0 Å². The molecule has 0 aromatic carbocycles. The Balaban J connectivity index is 2.14. The Labute approximate surface area is 108 Å². The molecule has 18 heavy (non-hydrogen) atoms. The molecule has 5 atom stereocenters. The summed E-state index contributed by atoms with van der Waals surface area (Å²) in [6.07, 6.45) is 2.12. The van der Waals surface area contributed by atoms with Crippen LogP contribution in [0.3, 0.4) is 0 Å². The molecule has 4 nitrogen and oxygen atoms in total. The molecule has 0 unspecified atom stereocenters. The maximum Gasteiger partial charge on any atom is 0.122 e. The Morgan fingerprint density at radius 1 is 1.06 bits per heavy atom. The molecule has 2 saturated carbocycles. The predicted octanol–water partition coefficient (Wildman–Crippen LogP) is 0.971. The Hall–Kier alpha value is -0.160. The first-order valence-electron chi connectivity index (χ1n) is 6.98. The minimum Gasteiger partial charge on any atom is -0.392 e. The van der Waals surface area contributed by atoms with Gasteiger partial charge in [-0.05, 0) is 46.0 Å². The van der Waals surface area contributed by atoms with Crippen molar-refractivity contribution in [2.45, 2.75) is 81.9 Å². The summed E-state index contributed by atoms with van der Waals surface area (Å²) >= 11 is 0. The normalized spacial score (nSPS) is 58.3. The third kappa shape index (κ3) is 1.12. The van der Waals surface area contributed by atoms with E-state index in [0.717, 1.165) is 12.8 Å². The molecule has 1 saturated heterocycles. The summed E-state index contributed by atoms with van der Waals surface area (Å²) in [5.41, 5.74) is -3.20. The van der Waals surface area contributed by atoms with Gasteiger partial charge in [0.25, 0.3) is 0 Å². The summed E-state index contributed by atoms with van der Waals surface area (Å²) in [6.45, 7) is 5.69. The number of rotatable bonds is 0. The highest BCUT2D eigenvalue weighted by Crippen LogP contribution is 2.65. The summed E-state index contributed by atoms with van der Waals surface area (Å²) in [7, 11) is 0. The summed E-state index contributed by atoms with van der Waals surface area (Å²) < 4.78 is 6.19. The zero-order valence-electron chi connectivity index (χ0n) is 11.4. The van der Waals surface area contributed by atoms with Crippen LogP contribution >= 0.6 is 0 Å². The minimum atomic E-state index is -1.19. The van der Waals surface area contributed by atoms with E-state index in [1.165, 1.54) is 0 Å². The summed E-state index contributed by atoms with van der Waals surface area (Å²) in [5.74, 6) is 0. The molecule has 0 aromatic rings. The Kier molecular flexibility index (Phi) is 2.35. The van der Waals surface area contributed by atoms with E-state index in [4.69, 9.17) is 4.74 Å². The minimum absolute atomic E-state index is 0.454. The lowest BCUT2D eigenvalue weighted by atomic mass is 9.52. The molecular weight excluding hydrogens is 232 g/mol. The Bertz CT molecular complexity index is 382. The van der Waals surface area contributed by atoms with Crippen molar-refractivity contribution in [3.63, 3.8) is 0 Å². The molecular formula is C14H24O4. The number of hydrogen-bond acceptors (Lipinski definition) is 4. The molecule has 104 valence electrons. The highest BCUT2D eigenvalue weighted by molar-refractivity contribution is 5.25. The number of hydrogen-bond donors (Lipinski definition) is 3. The SMILES string of the molecule is CC1(C)O[C@@]23CCC[C@@H](O)[C@]2(C)CC[C@]1(O)[C@H]3O. The van der Waals surface area contributed by atoms with Gasteiger partial charge in [0, 0.05) is 5.41 Å². The molecule has 2 bridgehead atoms. The summed E-state index contributed by atoms with van der Waals surface area (Å²) in [6, 6.07) is 0. The van der Waals surface area contributed by atoms with Crippen LogP contribution in [-0.4, -0.2) is 44.3 Å². The van der Waals surface area contributed by atoms with E-state index in [1.54, 1.807) is 0 Å². The van der Waals surface area contributed by atoms with E-state index in [0.29, 0.717) is 19.3 Å². The average molecular weight is 256 g/mol. The van der Waals surface area contributed by atoms with E-state index in [1.807, 2.05) is 20.8 Å². The lowest BCUT2D eigenvalue weighted by molar-refractivity contribution is -0.235. The number of aliphatic hydroxyl groups is 3. The van der Waals surface area contributed by atoms with E-state index in [2.05, 4.69) is 0 Å². The van der Waals surface area contributed by atoms with Gasteiger partial charge in [-0.2, -0.15) is 0 Å². The highest BCUT2D eigenvalue weighted by atomic mass is 16.6. The van der Waals surface area contributed by atoms with Gasteiger partial charge in [-0.1, -0.05) is 6.92 Å². The van der Waals surface area contributed by atoms with Crippen molar-refractivity contribution in [3.8, 4) is 0 Å². The van der Waals surface area contributed by atoms with Crippen LogP contribution in [0.2, 0.25) is 0 Å². The standard InChI is InChI=1S/C14H24O4/c1-11(2)13(17)8-7-12(3)9(15)5-4-6-14(12,18-11)10(13)16/h9-10,15-17H,4-8H2,1-3H3/t9-,10-,12+,13+,14-/m1/s1. The topological polar surface area (TPSA) is 69.9 Å². The van der Waals surface area contributed by atoms with Gasteiger partial charge in [0.15, 0.2) is 0 Å². The van der Waals surface area contributed by atoms with Crippen molar-refractivity contribution in [2.75, 3.05) is 0 Å². The monoisotopic (exact) mass is 256 g/mol. The van der Waals surface area contributed by atoms with E-state index >= 15 is 0 Å². The molecule has 2 aliphatic carbocycles. The van der Waals surface area contributed by atoms with Gasteiger partial charge in [-0.25, -0.2) is 0 Å². The van der Waals surface area contributed by atoms with Crippen LogP contribution in [0.4, 0.5) is 0 Å². The Morgan fingerprint density at radius 2 is 1.72 bits per heavy atom. The highest BCUT2D eigenvalue weighted by Gasteiger charge is 2.76. The second kappa shape index (κ2) is 3.29. The molecule has 3 fully saturated rings. The van der Waals surface area contributed by atoms with Gasteiger partial charge in [0.05, 0.1) is 11.7 Å². The molecule has 3 aliphatic rings. The summed E-state index contributed by atoms with van der Waals surface area (Å²) in [5, 5.41) is 31.9. The van der Waals surface area contributed by atoms with Gasteiger partial charge in [-0.3, -0.25) is 0 Å². The molecule has 1 aliphatic heterocycles. The lowest BCUT2D eigenvalue weighted by Gasteiger charge is -2.56. The molecule has 1 heterocycles. The lowest BCUT2D eigenvalue weighted by Crippen LogP contribution is -2.67. The van der Waals surface area contributed by atoms with Crippen LogP contribution in [0, 0.1) is 5.41 Å². The smallest absolute Gasteiger partial charge is 0.122 e. The van der Waals surface area contributed by atoms with Crippen LogP contribution in [0.15, 0.2) is 0 Å². The fraction of sp³-hybridized carbons (Fsp3) is 1.00. The van der Waals surface area contributed by atoms with Gasteiger partial charge in [-0.15, -0.1) is 0 Å². The van der Waals surface area contributed by atoms with E-state index in [9.17, 15) is 15.3 Å². The second-order valence-corrected chi connectivity index (χ2v) is 7.15. The summed E-state index contributed by atoms with van der Waals surface area (Å²) in [4.78, 5) is 0. The van der Waals surface area contributed by atoms with Crippen molar-refractivity contribution >= 4 is 0 Å². The molecule has 0 aromatic heterocycles. The first-order chi connectivity index (χ1) is 8.20. The fourth-order valence-electron chi connectivity index (χ4n) is 4.64. The third-order valence-corrected chi connectivity index (χ3v) is 6.13.